The van der Waals surface area contributed by atoms with Crippen molar-refractivity contribution in [1.29, 1.82) is 0 Å². The second kappa shape index (κ2) is 7.45. The van der Waals surface area contributed by atoms with E-state index in [-0.39, 0.29) is 12.1 Å². The summed E-state index contributed by atoms with van der Waals surface area (Å²) in [5, 5.41) is 21.1. The van der Waals surface area contributed by atoms with Crippen LogP contribution in [0.4, 0.5) is 5.69 Å². The van der Waals surface area contributed by atoms with Gasteiger partial charge in [-0.15, -0.1) is 11.3 Å². The van der Waals surface area contributed by atoms with Crippen molar-refractivity contribution >= 4 is 44.9 Å². The first-order valence-electron chi connectivity index (χ1n) is 8.03. The average Bonchev–Trinajstić information content (AvgIpc) is 3.04. The summed E-state index contributed by atoms with van der Waals surface area (Å²) in [4.78, 5) is 26.7. The van der Waals surface area contributed by atoms with Crippen LogP contribution in [0.1, 0.15) is 29.5 Å². The molecule has 0 unspecified atom stereocenters. The minimum Gasteiger partial charge on any atom is -0.481 e. The maximum absolute atomic E-state index is 11.3. The molecule has 26 heavy (non-hydrogen) atoms. The van der Waals surface area contributed by atoms with Gasteiger partial charge in [0.1, 0.15) is 5.01 Å². The highest BCUT2D eigenvalue weighted by Gasteiger charge is 2.15. The summed E-state index contributed by atoms with van der Waals surface area (Å²) in [5.41, 5.74) is 2.60. The number of para-hydroxylation sites is 1. The Morgan fingerprint density at radius 3 is 2.73 bits per heavy atom. The molecule has 0 spiro atoms. The molecule has 132 valence electrons. The summed E-state index contributed by atoms with van der Waals surface area (Å²) < 4.78 is 0.964. The second-order valence-corrected chi connectivity index (χ2v) is 6.76. The van der Waals surface area contributed by atoms with E-state index in [1.165, 1.54) is 17.4 Å². The van der Waals surface area contributed by atoms with Gasteiger partial charge in [0.25, 0.3) is 5.69 Å². The molecule has 0 aliphatic rings. The van der Waals surface area contributed by atoms with Gasteiger partial charge in [0, 0.05) is 11.6 Å². The molecule has 7 heteroatoms. The van der Waals surface area contributed by atoms with Crippen LogP contribution in [0.25, 0.3) is 21.9 Å². The van der Waals surface area contributed by atoms with Crippen LogP contribution < -0.4 is 0 Å². The molecule has 1 N–H and O–H groups in total. The molecule has 2 aromatic carbocycles. The maximum Gasteiger partial charge on any atom is 0.307 e. The summed E-state index contributed by atoms with van der Waals surface area (Å²) in [6.07, 6.45) is 2.02. The number of benzene rings is 2. The highest BCUT2D eigenvalue weighted by molar-refractivity contribution is 7.19. The molecule has 0 aliphatic carbocycles. The number of nitrogens with zero attached hydrogens (tertiary/aromatic N) is 2. The standard InChI is InChI=1S/C19H16N2O4S/c1-2-13-8-7-12(10-16(13)21(24)25)9-14(11-18(22)23)19-20-15-5-3-4-6-17(15)26-19/h3-10H,2,11H2,1H3,(H,22,23)/b14-9-. The van der Waals surface area contributed by atoms with Crippen LogP contribution in [0.5, 0.6) is 0 Å². The SMILES string of the molecule is CCc1ccc(/C=C(/CC(=O)O)c2nc3ccccc3s2)cc1[N+](=O)[O-]. The van der Waals surface area contributed by atoms with Crippen molar-refractivity contribution in [2.75, 3.05) is 0 Å². The number of fused-ring (bicyclic) bond motifs is 1. The Morgan fingerprint density at radius 2 is 2.08 bits per heavy atom. The van der Waals surface area contributed by atoms with Gasteiger partial charge in [-0.05, 0) is 35.8 Å². The zero-order valence-corrected chi connectivity index (χ0v) is 14.8. The number of carboxylic acids is 1. The molecular weight excluding hydrogens is 352 g/mol. The number of aromatic nitrogens is 1. The predicted molar refractivity (Wildman–Crippen MR) is 102 cm³/mol. The van der Waals surface area contributed by atoms with Crippen LogP contribution in [-0.4, -0.2) is 21.0 Å². The number of thiazole rings is 1. The van der Waals surface area contributed by atoms with Crippen LogP contribution in [0.15, 0.2) is 42.5 Å². The fraction of sp³-hybridized carbons (Fsp3) is 0.158. The lowest BCUT2D eigenvalue weighted by molar-refractivity contribution is -0.385. The van der Waals surface area contributed by atoms with Crippen LogP contribution in [-0.2, 0) is 11.2 Å². The van der Waals surface area contributed by atoms with Gasteiger partial charge >= 0.3 is 5.97 Å². The number of nitro groups is 1. The molecule has 0 fully saturated rings. The largest absolute Gasteiger partial charge is 0.481 e. The first-order chi connectivity index (χ1) is 12.5. The number of aryl methyl sites for hydroxylation is 1. The van der Waals surface area contributed by atoms with Crippen molar-refractivity contribution in [3.05, 3.63) is 68.7 Å². The van der Waals surface area contributed by atoms with Gasteiger partial charge in [-0.25, -0.2) is 4.98 Å². The van der Waals surface area contributed by atoms with E-state index in [0.717, 1.165) is 10.2 Å². The van der Waals surface area contributed by atoms with Crippen molar-refractivity contribution in [3.63, 3.8) is 0 Å². The Kier molecular flexibility index (Phi) is 5.09. The molecule has 0 bridgehead atoms. The van der Waals surface area contributed by atoms with Crippen molar-refractivity contribution in [2.24, 2.45) is 0 Å². The fourth-order valence-electron chi connectivity index (χ4n) is 2.70. The molecule has 0 aliphatic heterocycles. The van der Waals surface area contributed by atoms with E-state index >= 15 is 0 Å². The maximum atomic E-state index is 11.3. The molecule has 3 rings (SSSR count). The van der Waals surface area contributed by atoms with Crippen LogP contribution in [0, 0.1) is 10.1 Å². The summed E-state index contributed by atoms with van der Waals surface area (Å²) in [7, 11) is 0. The van der Waals surface area contributed by atoms with Gasteiger partial charge in [0.15, 0.2) is 0 Å². The number of aliphatic carboxylic acids is 1. The van der Waals surface area contributed by atoms with E-state index in [0.29, 0.717) is 28.1 Å². The lowest BCUT2D eigenvalue weighted by Crippen LogP contribution is -1.98. The van der Waals surface area contributed by atoms with E-state index in [1.54, 1.807) is 18.2 Å². The van der Waals surface area contributed by atoms with Gasteiger partial charge in [-0.3, -0.25) is 14.9 Å². The highest BCUT2D eigenvalue weighted by Crippen LogP contribution is 2.31. The third-order valence-electron chi connectivity index (χ3n) is 3.94. The minimum atomic E-state index is -0.977. The highest BCUT2D eigenvalue weighted by atomic mass is 32.1. The summed E-state index contributed by atoms with van der Waals surface area (Å²) in [6, 6.07) is 12.5. The Hall–Kier alpha value is -3.06. The van der Waals surface area contributed by atoms with Gasteiger partial charge in [-0.2, -0.15) is 0 Å². The summed E-state index contributed by atoms with van der Waals surface area (Å²) in [6.45, 7) is 1.86. The van der Waals surface area contributed by atoms with Crippen molar-refractivity contribution in [1.82, 2.24) is 4.98 Å². The van der Waals surface area contributed by atoms with Crippen molar-refractivity contribution < 1.29 is 14.8 Å². The van der Waals surface area contributed by atoms with Crippen molar-refractivity contribution in [2.45, 2.75) is 19.8 Å². The first-order valence-corrected chi connectivity index (χ1v) is 8.85. The zero-order chi connectivity index (χ0) is 18.7. The fourth-order valence-corrected chi connectivity index (χ4v) is 3.68. The van der Waals surface area contributed by atoms with E-state index in [9.17, 15) is 20.0 Å². The van der Waals surface area contributed by atoms with E-state index in [2.05, 4.69) is 4.98 Å². The average molecular weight is 368 g/mol. The smallest absolute Gasteiger partial charge is 0.307 e. The zero-order valence-electron chi connectivity index (χ0n) is 14.0. The van der Waals surface area contributed by atoms with Gasteiger partial charge in [0.2, 0.25) is 0 Å². The number of rotatable bonds is 6. The number of hydrogen-bond acceptors (Lipinski definition) is 5. The molecule has 0 atom stereocenters. The second-order valence-electron chi connectivity index (χ2n) is 5.73. The molecule has 0 amide bonds. The Balaban J connectivity index is 2.09. The Labute approximate surface area is 153 Å². The molecule has 6 nitrogen and oxygen atoms in total. The lowest BCUT2D eigenvalue weighted by atomic mass is 10.0. The normalized spacial score (nSPS) is 11.7. The molecule has 1 aromatic heterocycles. The number of nitro benzene ring substituents is 1. The van der Waals surface area contributed by atoms with Crippen LogP contribution >= 0.6 is 11.3 Å². The predicted octanol–water partition coefficient (Wildman–Crippen LogP) is 4.78. The van der Waals surface area contributed by atoms with Gasteiger partial charge in [0.05, 0.1) is 21.6 Å². The number of carbonyl (C=O) groups is 1. The molecule has 1 heterocycles. The molecule has 3 aromatic rings. The van der Waals surface area contributed by atoms with E-state index in [4.69, 9.17) is 0 Å². The molecule has 0 saturated carbocycles. The van der Waals surface area contributed by atoms with Crippen LogP contribution in [0.2, 0.25) is 0 Å². The monoisotopic (exact) mass is 368 g/mol. The minimum absolute atomic E-state index is 0.0419. The Morgan fingerprint density at radius 1 is 1.31 bits per heavy atom. The quantitative estimate of drug-likeness (QED) is 0.499. The third kappa shape index (κ3) is 3.78. The third-order valence-corrected chi connectivity index (χ3v) is 5.05. The van der Waals surface area contributed by atoms with Crippen molar-refractivity contribution in [3.8, 4) is 0 Å². The number of hydrogen-bond donors (Lipinski definition) is 1. The molecule has 0 radical (unpaired) electrons. The first kappa shape index (κ1) is 17.8. The lowest BCUT2D eigenvalue weighted by Gasteiger charge is -2.04. The molecular formula is C19H16N2O4S. The topological polar surface area (TPSA) is 93.3 Å². The Bertz CT molecular complexity index is 990. The van der Waals surface area contributed by atoms with E-state index < -0.39 is 10.9 Å². The summed E-state index contributed by atoms with van der Waals surface area (Å²) in [5.74, 6) is -0.977. The van der Waals surface area contributed by atoms with E-state index in [1.807, 2.05) is 31.2 Å². The molecule has 0 saturated heterocycles. The van der Waals surface area contributed by atoms with Crippen LogP contribution in [0.3, 0.4) is 0 Å². The van der Waals surface area contributed by atoms with Gasteiger partial charge < -0.3 is 5.11 Å². The number of carboxylic acid groups (broad SMARTS) is 1. The summed E-state index contributed by atoms with van der Waals surface area (Å²) >= 11 is 1.41. The van der Waals surface area contributed by atoms with Gasteiger partial charge in [-0.1, -0.05) is 31.2 Å².